The SMILES string of the molecule is CC1=C(C)CCC(C2=CCC(C)CC2)=C1. The maximum atomic E-state index is 2.48. The zero-order valence-corrected chi connectivity index (χ0v) is 10.3. The highest BCUT2D eigenvalue weighted by Crippen LogP contribution is 2.34. The third-order valence-corrected chi connectivity index (χ3v) is 3.92. The van der Waals surface area contributed by atoms with E-state index < -0.39 is 0 Å². The molecule has 0 amide bonds. The van der Waals surface area contributed by atoms with Crippen LogP contribution in [0.25, 0.3) is 0 Å². The van der Waals surface area contributed by atoms with Crippen LogP contribution in [0.5, 0.6) is 0 Å². The number of hydrogen-bond donors (Lipinski definition) is 0. The molecule has 0 aromatic carbocycles. The van der Waals surface area contributed by atoms with Gasteiger partial charge in [0.15, 0.2) is 0 Å². The van der Waals surface area contributed by atoms with Crippen molar-refractivity contribution in [2.45, 2.75) is 52.9 Å². The first-order valence-electron chi connectivity index (χ1n) is 6.23. The molecule has 0 heterocycles. The Labute approximate surface area is 93.8 Å². The first-order chi connectivity index (χ1) is 7.16. The van der Waals surface area contributed by atoms with Gasteiger partial charge in [-0.15, -0.1) is 0 Å². The Bertz CT molecular complexity index is 339. The van der Waals surface area contributed by atoms with E-state index in [9.17, 15) is 0 Å². The second-order valence-corrected chi connectivity index (χ2v) is 5.24. The van der Waals surface area contributed by atoms with E-state index in [1.165, 1.54) is 37.7 Å². The summed E-state index contributed by atoms with van der Waals surface area (Å²) in [6.07, 6.45) is 11.4. The molecule has 0 radical (unpaired) electrons. The van der Waals surface area contributed by atoms with Gasteiger partial charge in [-0.3, -0.25) is 0 Å². The fourth-order valence-electron chi connectivity index (χ4n) is 2.49. The molecule has 2 rings (SSSR count). The summed E-state index contributed by atoms with van der Waals surface area (Å²) in [5, 5.41) is 0. The number of hydrogen-bond acceptors (Lipinski definition) is 0. The highest BCUT2D eigenvalue weighted by atomic mass is 14.2. The van der Waals surface area contributed by atoms with Crippen molar-refractivity contribution in [1.82, 2.24) is 0 Å². The van der Waals surface area contributed by atoms with Gasteiger partial charge in [-0.25, -0.2) is 0 Å². The van der Waals surface area contributed by atoms with Crippen LogP contribution in [0.2, 0.25) is 0 Å². The molecule has 0 heteroatoms. The van der Waals surface area contributed by atoms with Crippen molar-refractivity contribution in [3.05, 3.63) is 34.4 Å². The molecule has 0 aromatic heterocycles. The molecular formula is C15H22. The van der Waals surface area contributed by atoms with Crippen molar-refractivity contribution in [2.75, 3.05) is 0 Å². The average molecular weight is 202 g/mol. The fourth-order valence-corrected chi connectivity index (χ4v) is 2.49. The quantitative estimate of drug-likeness (QED) is 0.573. The Balaban J connectivity index is 2.16. The van der Waals surface area contributed by atoms with Crippen LogP contribution >= 0.6 is 0 Å². The van der Waals surface area contributed by atoms with Gasteiger partial charge in [-0.05, 0) is 63.0 Å². The summed E-state index contributed by atoms with van der Waals surface area (Å²) < 4.78 is 0. The lowest BCUT2D eigenvalue weighted by molar-refractivity contribution is 0.514. The number of rotatable bonds is 1. The smallest absolute Gasteiger partial charge is 0.0239 e. The Morgan fingerprint density at radius 3 is 2.47 bits per heavy atom. The summed E-state index contributed by atoms with van der Waals surface area (Å²) >= 11 is 0. The first kappa shape index (κ1) is 10.7. The van der Waals surface area contributed by atoms with Crippen molar-refractivity contribution in [1.29, 1.82) is 0 Å². The summed E-state index contributed by atoms with van der Waals surface area (Å²) in [5.41, 5.74) is 6.32. The molecule has 0 aliphatic heterocycles. The lowest BCUT2D eigenvalue weighted by atomic mass is 9.83. The molecule has 0 saturated heterocycles. The van der Waals surface area contributed by atoms with Crippen molar-refractivity contribution >= 4 is 0 Å². The van der Waals surface area contributed by atoms with E-state index in [-0.39, 0.29) is 0 Å². The zero-order valence-electron chi connectivity index (χ0n) is 10.3. The molecule has 0 bridgehead atoms. The minimum Gasteiger partial charge on any atom is -0.0808 e. The van der Waals surface area contributed by atoms with Gasteiger partial charge in [0.2, 0.25) is 0 Å². The minimum atomic E-state index is 0.899. The van der Waals surface area contributed by atoms with Gasteiger partial charge in [-0.1, -0.05) is 30.2 Å². The molecule has 1 atom stereocenters. The molecule has 2 aliphatic rings. The van der Waals surface area contributed by atoms with Crippen molar-refractivity contribution < 1.29 is 0 Å². The Hall–Kier alpha value is -0.780. The lowest BCUT2D eigenvalue weighted by Gasteiger charge is -2.23. The van der Waals surface area contributed by atoms with Gasteiger partial charge in [-0.2, -0.15) is 0 Å². The van der Waals surface area contributed by atoms with E-state index in [0.29, 0.717) is 0 Å². The van der Waals surface area contributed by atoms with Crippen LogP contribution < -0.4 is 0 Å². The summed E-state index contributed by atoms with van der Waals surface area (Å²) in [6, 6.07) is 0. The maximum absolute atomic E-state index is 2.48. The zero-order chi connectivity index (χ0) is 10.8. The minimum absolute atomic E-state index is 0.899. The third kappa shape index (κ3) is 2.42. The van der Waals surface area contributed by atoms with Crippen LogP contribution in [0.3, 0.4) is 0 Å². The molecule has 1 unspecified atom stereocenters. The molecule has 0 fully saturated rings. The highest BCUT2D eigenvalue weighted by Gasteiger charge is 2.15. The largest absolute Gasteiger partial charge is 0.0808 e. The molecule has 2 aliphatic carbocycles. The maximum Gasteiger partial charge on any atom is -0.0239 e. The number of allylic oxidation sites excluding steroid dienone is 6. The van der Waals surface area contributed by atoms with Crippen molar-refractivity contribution in [3.63, 3.8) is 0 Å². The summed E-state index contributed by atoms with van der Waals surface area (Å²) in [7, 11) is 0. The van der Waals surface area contributed by atoms with Gasteiger partial charge >= 0.3 is 0 Å². The predicted octanol–water partition coefficient (Wildman–Crippen LogP) is 4.79. The summed E-state index contributed by atoms with van der Waals surface area (Å²) in [6.45, 7) is 6.87. The third-order valence-electron chi connectivity index (χ3n) is 3.92. The Morgan fingerprint density at radius 1 is 1.07 bits per heavy atom. The molecule has 0 saturated carbocycles. The monoisotopic (exact) mass is 202 g/mol. The van der Waals surface area contributed by atoms with E-state index in [4.69, 9.17) is 0 Å². The van der Waals surface area contributed by atoms with Crippen molar-refractivity contribution in [2.24, 2.45) is 5.92 Å². The van der Waals surface area contributed by atoms with E-state index in [1.54, 1.807) is 16.7 Å². The topological polar surface area (TPSA) is 0 Å². The van der Waals surface area contributed by atoms with E-state index >= 15 is 0 Å². The fraction of sp³-hybridized carbons (Fsp3) is 0.600. The van der Waals surface area contributed by atoms with Crippen LogP contribution in [0, 0.1) is 5.92 Å². The molecule has 15 heavy (non-hydrogen) atoms. The normalized spacial score (nSPS) is 27.5. The predicted molar refractivity (Wildman–Crippen MR) is 66.8 cm³/mol. The Morgan fingerprint density at radius 2 is 1.87 bits per heavy atom. The molecule has 0 N–H and O–H groups in total. The molecule has 82 valence electrons. The molecule has 0 aromatic rings. The Kier molecular flexibility index (Phi) is 3.14. The van der Waals surface area contributed by atoms with E-state index in [2.05, 4.69) is 32.9 Å². The van der Waals surface area contributed by atoms with Crippen LogP contribution in [-0.2, 0) is 0 Å². The van der Waals surface area contributed by atoms with Crippen LogP contribution in [0.1, 0.15) is 52.9 Å². The van der Waals surface area contributed by atoms with Crippen LogP contribution in [0.4, 0.5) is 0 Å². The van der Waals surface area contributed by atoms with E-state index in [0.717, 1.165) is 5.92 Å². The van der Waals surface area contributed by atoms with Gasteiger partial charge in [0.1, 0.15) is 0 Å². The van der Waals surface area contributed by atoms with Gasteiger partial charge in [0, 0.05) is 0 Å². The van der Waals surface area contributed by atoms with Gasteiger partial charge < -0.3 is 0 Å². The lowest BCUT2D eigenvalue weighted by Crippen LogP contribution is -2.05. The van der Waals surface area contributed by atoms with E-state index in [1.807, 2.05) is 0 Å². The van der Waals surface area contributed by atoms with Crippen LogP contribution in [0.15, 0.2) is 34.4 Å². The standard InChI is InChI=1S/C15H22/c1-11-4-7-14(8-5-11)15-9-6-12(2)13(3)10-15/h7,10-11H,4-6,8-9H2,1-3H3. The molecule has 0 nitrogen and oxygen atoms in total. The van der Waals surface area contributed by atoms with Crippen LogP contribution in [-0.4, -0.2) is 0 Å². The highest BCUT2D eigenvalue weighted by molar-refractivity contribution is 5.42. The first-order valence-corrected chi connectivity index (χ1v) is 6.23. The average Bonchev–Trinajstić information content (AvgIpc) is 2.23. The molecular weight excluding hydrogens is 180 g/mol. The summed E-state index contributed by atoms with van der Waals surface area (Å²) in [4.78, 5) is 0. The van der Waals surface area contributed by atoms with Crippen molar-refractivity contribution in [3.8, 4) is 0 Å². The second-order valence-electron chi connectivity index (χ2n) is 5.24. The molecule has 0 spiro atoms. The summed E-state index contributed by atoms with van der Waals surface area (Å²) in [5.74, 6) is 0.899. The van der Waals surface area contributed by atoms with Gasteiger partial charge in [0.25, 0.3) is 0 Å². The van der Waals surface area contributed by atoms with Gasteiger partial charge in [0.05, 0.1) is 0 Å². The second kappa shape index (κ2) is 4.38.